The van der Waals surface area contributed by atoms with Crippen molar-refractivity contribution in [3.8, 4) is 0 Å². The molecular formula is C42H78FN9O4. The van der Waals surface area contributed by atoms with E-state index in [2.05, 4.69) is 146 Å². The Labute approximate surface area is 338 Å². The Morgan fingerprint density at radius 3 is 0.875 bits per heavy atom. The molecule has 1 aromatic heterocycles. The van der Waals surface area contributed by atoms with E-state index in [-0.39, 0.29) is 57.4 Å². The fraction of sp³-hybridized carbons (Fsp3) is 0.929. The van der Waals surface area contributed by atoms with Gasteiger partial charge in [-0.3, -0.25) is 0 Å². The molecule has 4 saturated heterocycles. The first-order valence-electron chi connectivity index (χ1n) is 20.9. The van der Waals surface area contributed by atoms with Crippen molar-refractivity contribution in [2.24, 2.45) is 0 Å². The Balaban J connectivity index is 1.72. The van der Waals surface area contributed by atoms with Crippen LogP contribution in [0.4, 0.5) is 16.3 Å². The van der Waals surface area contributed by atoms with Crippen molar-refractivity contribution < 1.29 is 24.1 Å². The lowest BCUT2D eigenvalue weighted by atomic mass is 9.74. The Morgan fingerprint density at radius 1 is 0.446 bits per heavy atom. The van der Waals surface area contributed by atoms with Gasteiger partial charge in [0.2, 0.25) is 11.9 Å². The minimum absolute atomic E-state index is 0.0292. The summed E-state index contributed by atoms with van der Waals surface area (Å²) in [6, 6.07) is -0.207. The van der Waals surface area contributed by atoms with Crippen molar-refractivity contribution in [3.63, 3.8) is 0 Å². The number of nitrogens with zero attached hydrogens (tertiary/aromatic N) is 9. The zero-order valence-corrected chi connectivity index (χ0v) is 38.5. The molecule has 0 aromatic carbocycles. The number of hydrogen-bond acceptors (Lipinski definition) is 13. The van der Waals surface area contributed by atoms with Crippen LogP contribution in [0.1, 0.15) is 162 Å². The SMILES string of the molecule is CON1C(C)(C)CC(N(c2nc(F)nc(N(C3CC(C)(C)N(OC)C(C)(C)C3)C3CC(C)(C)N(OC)C(C)(C)C3)n2)C2CC(C)(C)N(O)C(C)(C)C2)CC1(C)C. The highest BCUT2D eigenvalue weighted by Gasteiger charge is 2.55. The van der Waals surface area contributed by atoms with E-state index >= 15 is 4.39 Å². The van der Waals surface area contributed by atoms with Crippen molar-refractivity contribution in [2.75, 3.05) is 31.1 Å². The maximum Gasteiger partial charge on any atom is 0.315 e. The molecule has 0 radical (unpaired) electrons. The molecule has 1 aromatic rings. The Bertz CT molecular complexity index is 1450. The highest BCUT2D eigenvalue weighted by molar-refractivity contribution is 5.44. The number of rotatable bonds is 9. The summed E-state index contributed by atoms with van der Waals surface area (Å²) in [6.07, 6.45) is 5.02. The van der Waals surface area contributed by atoms with E-state index in [1.807, 2.05) is 0 Å². The predicted octanol–water partition coefficient (Wildman–Crippen LogP) is 7.78. The van der Waals surface area contributed by atoms with Crippen LogP contribution in [0.3, 0.4) is 0 Å². The van der Waals surface area contributed by atoms with Crippen LogP contribution in [0, 0.1) is 6.08 Å². The van der Waals surface area contributed by atoms with E-state index in [1.54, 1.807) is 21.3 Å². The first-order chi connectivity index (χ1) is 25.4. The number of aromatic nitrogens is 3. The molecule has 0 aliphatic carbocycles. The Kier molecular flexibility index (Phi) is 11.9. The molecule has 14 heteroatoms. The van der Waals surface area contributed by atoms with Gasteiger partial charge >= 0.3 is 6.08 Å². The molecule has 13 nitrogen and oxygen atoms in total. The van der Waals surface area contributed by atoms with Crippen LogP contribution in [0.25, 0.3) is 0 Å². The van der Waals surface area contributed by atoms with Crippen LogP contribution in [0.5, 0.6) is 0 Å². The van der Waals surface area contributed by atoms with Crippen molar-refractivity contribution in [3.05, 3.63) is 6.08 Å². The maximum atomic E-state index is 16.6. The zero-order valence-electron chi connectivity index (χ0n) is 38.5. The summed E-state index contributed by atoms with van der Waals surface area (Å²) in [6.45, 7) is 34.9. The Hall–Kier alpha value is -1.78. The van der Waals surface area contributed by atoms with E-state index in [4.69, 9.17) is 19.5 Å². The topological polar surface area (TPSA) is 106 Å². The number of halogens is 1. The van der Waals surface area contributed by atoms with Crippen LogP contribution < -0.4 is 9.80 Å². The van der Waals surface area contributed by atoms with Crippen LogP contribution in [-0.4, -0.2) is 130 Å². The lowest BCUT2D eigenvalue weighted by Crippen LogP contribution is -2.68. The second kappa shape index (κ2) is 14.7. The Morgan fingerprint density at radius 2 is 0.661 bits per heavy atom. The fourth-order valence-corrected chi connectivity index (χ4v) is 12.9. The van der Waals surface area contributed by atoms with Crippen molar-refractivity contribution in [1.82, 2.24) is 35.2 Å². The van der Waals surface area contributed by atoms with Gasteiger partial charge in [-0.1, -0.05) is 0 Å². The molecule has 4 fully saturated rings. The molecule has 5 heterocycles. The average Bonchev–Trinajstić information content (AvgIpc) is 2.96. The summed E-state index contributed by atoms with van der Waals surface area (Å²) in [4.78, 5) is 37.4. The second-order valence-electron chi connectivity index (χ2n) is 22.5. The molecule has 56 heavy (non-hydrogen) atoms. The van der Waals surface area contributed by atoms with Crippen LogP contribution in [0.2, 0.25) is 0 Å². The molecule has 5 rings (SSSR count). The predicted molar refractivity (Wildman–Crippen MR) is 220 cm³/mol. The van der Waals surface area contributed by atoms with Crippen molar-refractivity contribution >= 4 is 11.9 Å². The maximum absolute atomic E-state index is 16.6. The van der Waals surface area contributed by atoms with Crippen molar-refractivity contribution in [2.45, 2.75) is 231 Å². The van der Waals surface area contributed by atoms with Gasteiger partial charge in [-0.05, 0) is 162 Å². The van der Waals surface area contributed by atoms with E-state index < -0.39 is 17.2 Å². The van der Waals surface area contributed by atoms with Gasteiger partial charge in [0, 0.05) is 68.5 Å². The molecular weight excluding hydrogens is 714 g/mol. The van der Waals surface area contributed by atoms with Gasteiger partial charge in [-0.2, -0.15) is 39.6 Å². The molecule has 0 spiro atoms. The standard InChI is InChI=1S/C42H78FN9O4/c1-35(2)20-28(21-36(3,4)49(35)53)47(29-22-37(5,6)50(54-17)38(7,8)23-29)33-44-32(43)45-34(46-33)48(30-24-39(9,10)51(55-18)40(11,12)25-30)31-26-41(13,14)52(56-19)42(15,16)27-31/h28-31,53H,20-27H2,1-19H3. The molecule has 0 bridgehead atoms. The van der Waals surface area contributed by atoms with Gasteiger partial charge in [0.05, 0.1) is 21.3 Å². The lowest BCUT2D eigenvalue weighted by Gasteiger charge is -2.59. The van der Waals surface area contributed by atoms with E-state index in [9.17, 15) is 5.21 Å². The number of hydrogen-bond donors (Lipinski definition) is 1. The quantitative estimate of drug-likeness (QED) is 0.264. The smallest absolute Gasteiger partial charge is 0.315 e. The minimum Gasteiger partial charge on any atom is -0.334 e. The van der Waals surface area contributed by atoms with E-state index in [0.717, 1.165) is 38.5 Å². The number of hydroxylamine groups is 8. The molecule has 322 valence electrons. The summed E-state index contributed by atoms with van der Waals surface area (Å²) in [5, 5.41) is 19.3. The fourth-order valence-electron chi connectivity index (χ4n) is 12.9. The van der Waals surface area contributed by atoms with Gasteiger partial charge in [-0.15, -0.1) is 0 Å². The third-order valence-electron chi connectivity index (χ3n) is 13.5. The molecule has 4 aliphatic heterocycles. The normalized spacial score (nSPS) is 28.7. The minimum atomic E-state index is -0.786. The lowest BCUT2D eigenvalue weighted by molar-refractivity contribution is -0.271. The molecule has 0 saturated carbocycles. The van der Waals surface area contributed by atoms with Gasteiger partial charge in [-0.25, -0.2) is 0 Å². The van der Waals surface area contributed by atoms with Gasteiger partial charge in [0.1, 0.15) is 0 Å². The summed E-state index contributed by atoms with van der Waals surface area (Å²) in [5.41, 5.74) is -3.13. The highest BCUT2D eigenvalue weighted by atomic mass is 19.1. The molecule has 4 aliphatic rings. The summed E-state index contributed by atoms with van der Waals surface area (Å²) in [5.74, 6) is 0.719. The molecule has 0 atom stereocenters. The van der Waals surface area contributed by atoms with Crippen LogP contribution >= 0.6 is 0 Å². The van der Waals surface area contributed by atoms with Crippen molar-refractivity contribution in [1.29, 1.82) is 0 Å². The van der Waals surface area contributed by atoms with E-state index in [1.165, 1.54) is 5.06 Å². The first kappa shape index (κ1) is 45.3. The summed E-state index contributed by atoms with van der Waals surface area (Å²) in [7, 11) is 5.24. The first-order valence-corrected chi connectivity index (χ1v) is 20.9. The third kappa shape index (κ3) is 8.33. The summed E-state index contributed by atoms with van der Waals surface area (Å²) >= 11 is 0. The number of piperidine rings is 4. The van der Waals surface area contributed by atoms with Crippen LogP contribution in [0.15, 0.2) is 0 Å². The van der Waals surface area contributed by atoms with Gasteiger partial charge in [0.25, 0.3) is 0 Å². The largest absolute Gasteiger partial charge is 0.334 e. The monoisotopic (exact) mass is 792 g/mol. The average molecular weight is 792 g/mol. The second-order valence-corrected chi connectivity index (χ2v) is 22.5. The molecule has 0 amide bonds. The third-order valence-corrected chi connectivity index (χ3v) is 13.5. The van der Waals surface area contributed by atoms with Gasteiger partial charge in [0.15, 0.2) is 0 Å². The van der Waals surface area contributed by atoms with Crippen LogP contribution in [-0.2, 0) is 14.5 Å². The van der Waals surface area contributed by atoms with Gasteiger partial charge < -0.3 is 29.5 Å². The summed E-state index contributed by atoms with van der Waals surface area (Å²) < 4.78 is 16.6. The highest BCUT2D eigenvalue weighted by Crippen LogP contribution is 2.48. The zero-order chi connectivity index (χ0) is 42.4. The van der Waals surface area contributed by atoms with E-state index in [0.29, 0.717) is 24.7 Å². The number of anilines is 2. The molecule has 0 unspecified atom stereocenters. The molecule has 1 N–H and O–H groups in total.